The van der Waals surface area contributed by atoms with Crippen molar-refractivity contribution in [2.75, 3.05) is 71.7 Å². The minimum Gasteiger partial charge on any atom is -0.507 e. The fourth-order valence-electron chi connectivity index (χ4n) is 11.6. The van der Waals surface area contributed by atoms with Gasteiger partial charge < -0.3 is 81.5 Å². The van der Waals surface area contributed by atoms with Crippen molar-refractivity contribution >= 4 is 119 Å². The SMILES string of the molecule is CCO[Si](CCCNC(=O)c1ccc(Cl)cc1)(OCC)OCC.CCO[Si](CCc1ccc(N)cc1)(OCC)OCC.CCO[Si](OCC)(OCC)c1ccc(C(=O)N=[N+]=[N-])cc1.O=C(O)c1ccc(C2(C(F)(F)F)N=N2)cc1O.O=C(O)c1cccc(C2(C(F)(F)F)N=N2)c1O.[N-]=[N+]=Nc1c(F)c(F)c(C(=O)O)c(F)c1F.[N-]=[N+]=Nc1ccc(C(=O)C=O)cc1.[N-]=[N+]=Nc1ccc([N+](=O)[O-])c(C(=O)O)c1. The van der Waals surface area contributed by atoms with Gasteiger partial charge in [-0.3, -0.25) is 29.3 Å². The van der Waals surface area contributed by atoms with E-state index < -0.39 is 170 Å². The number of halogens is 11. The van der Waals surface area contributed by atoms with Crippen LogP contribution in [0.3, 0.4) is 0 Å². The molecule has 756 valence electrons. The smallest absolute Gasteiger partial charge is 0.507 e. The lowest BCUT2D eigenvalue weighted by Crippen LogP contribution is -2.56. The summed E-state index contributed by atoms with van der Waals surface area (Å²) < 4.78 is 180. The molecular formula is C83H90ClF10N19O25Si3. The number of nitro groups is 1. The van der Waals surface area contributed by atoms with Crippen LogP contribution in [0.1, 0.15) is 158 Å². The fraction of sp³-hybridized carbons (Fsp3) is 0.325. The summed E-state index contributed by atoms with van der Waals surface area (Å²) in [5.41, 5.74) is 29.6. The van der Waals surface area contributed by atoms with Gasteiger partial charge in [0.25, 0.3) is 11.6 Å². The molecule has 2 aliphatic heterocycles. The first kappa shape index (κ1) is 120. The predicted molar refractivity (Wildman–Crippen MR) is 486 cm³/mol. The molecule has 2 heterocycles. The van der Waals surface area contributed by atoms with Crippen molar-refractivity contribution in [2.45, 2.75) is 111 Å². The maximum atomic E-state index is 12.9. The highest BCUT2D eigenvalue weighted by Crippen LogP contribution is 2.56. The van der Waals surface area contributed by atoms with Crippen LogP contribution in [0.15, 0.2) is 193 Å². The van der Waals surface area contributed by atoms with Crippen LogP contribution in [0, 0.1) is 33.4 Å². The number of hydrogen-bond acceptors (Lipinski definition) is 29. The van der Waals surface area contributed by atoms with Crippen LogP contribution in [0.2, 0.25) is 17.1 Å². The number of phenols is 2. The molecule has 0 bridgehead atoms. The van der Waals surface area contributed by atoms with Gasteiger partial charge in [-0.2, -0.15) is 26.3 Å². The average Bonchev–Trinajstić information content (AvgIpc) is 1.58. The third kappa shape index (κ3) is 35.6. The number of nitrogens with one attached hydrogen (secondary N) is 1. The quantitative estimate of drug-likeness (QED) is 0.00141. The molecule has 0 aromatic heterocycles. The van der Waals surface area contributed by atoms with Crippen LogP contribution in [0.4, 0.5) is 72.3 Å². The standard InChI is InChI=1S/C16H26ClNO4Si.C14H25NO3Si.C13H19N3O4Si.2C9H5F3N2O3.C8H5N3O2.C7HF4N3O2.C7H4N4O4/c1-4-20-23(21-5-2,22-6-3)13-7-12-18-16(19)14-8-10-15(17)11-9-14;1-4-16-19(17-5-2,18-6-3)12-11-13-7-9-14(15)10-8-13;1-4-18-21(19-5-2,20-6-3)12-9-7-11(8-10-12)13(17)15-16-14;10-9(11,12)8(13-14-8)4-1-2-5(7(16)17)6(15)3-4;10-9(11,12)8(13-14-8)5-3-1-2-4(6(5)15)7(16)17;9-11-10-7-3-1-6(2-4-7)8(13)5-12;8-2-1(7(15)16)3(9)5(11)6(4(2)10)13-14-12;8-10-9-4-1-2-6(11(14)15)5(3-4)7(12)13/h8-11H,4-7,12-13H2,1-3H3,(H,18,19);7-10H,4-6,11-12,15H2,1-3H3;7-10H,4-6H2,1-3H3;2*1-3,15H,(H,16,17);1-5H;(H,15,16);1-3H,(H,12,13). The Balaban J connectivity index is 0.000000416. The van der Waals surface area contributed by atoms with Crippen LogP contribution in [-0.2, 0) is 62.4 Å². The number of para-hydroxylation sites is 1. The van der Waals surface area contributed by atoms with Crippen LogP contribution < -0.4 is 16.2 Å². The van der Waals surface area contributed by atoms with E-state index in [1.165, 1.54) is 35.9 Å². The molecule has 2 aliphatic rings. The molecular weight excluding hydrogens is 1970 g/mol. The highest BCUT2D eigenvalue weighted by Gasteiger charge is 2.67. The van der Waals surface area contributed by atoms with Gasteiger partial charge >= 0.3 is 74.0 Å². The van der Waals surface area contributed by atoms with E-state index in [0.29, 0.717) is 100.0 Å². The molecule has 58 heteroatoms. The average molecular weight is 2060 g/mol. The van der Waals surface area contributed by atoms with Gasteiger partial charge in [0.1, 0.15) is 39.4 Å². The van der Waals surface area contributed by atoms with Gasteiger partial charge in [0, 0.05) is 153 Å². The summed E-state index contributed by atoms with van der Waals surface area (Å²) in [6, 6.07) is 37.2. The molecule has 0 atom stereocenters. The molecule has 0 fully saturated rings. The number of alkyl halides is 6. The zero-order valence-electron chi connectivity index (χ0n) is 75.7. The number of aldehydes is 1. The molecule has 9 N–H and O–H groups in total. The number of ketones is 1. The number of rotatable bonds is 40. The number of anilines is 1. The number of carbonyl (C=O) groups is 8. The maximum Gasteiger partial charge on any atom is 0.537 e. The number of nitro benzene ring substituents is 1. The number of aryl methyl sites for hydroxylation is 1. The Kier molecular flexibility index (Phi) is 49.7. The number of amides is 2. The van der Waals surface area contributed by atoms with Crippen LogP contribution in [-0.4, -0.2) is 188 Å². The van der Waals surface area contributed by atoms with Crippen molar-refractivity contribution in [2.24, 2.45) is 40.9 Å². The number of nitrogens with zero attached hydrogens (tertiary/aromatic N) is 17. The van der Waals surface area contributed by atoms with E-state index in [9.17, 15) is 103 Å². The summed E-state index contributed by atoms with van der Waals surface area (Å²) in [5, 5.41) is 91.3. The second kappa shape index (κ2) is 58.2. The number of carboxylic acid groups (broad SMARTS) is 4. The Bertz CT molecular complexity index is 5790. The molecule has 44 nitrogen and oxygen atoms in total. The third-order valence-corrected chi connectivity index (χ3v) is 27.3. The van der Waals surface area contributed by atoms with Gasteiger partial charge in [0.2, 0.25) is 11.7 Å². The first-order valence-corrected chi connectivity index (χ1v) is 47.0. The lowest BCUT2D eigenvalue weighted by molar-refractivity contribution is -0.385. The number of benzene rings is 8. The van der Waals surface area contributed by atoms with E-state index in [2.05, 4.69) is 61.0 Å². The summed E-state index contributed by atoms with van der Waals surface area (Å²) in [5.74, 6) is -18.0. The van der Waals surface area contributed by atoms with Gasteiger partial charge in [-0.25, -0.2) is 36.7 Å². The van der Waals surface area contributed by atoms with Gasteiger partial charge in [-0.1, -0.05) is 106 Å². The Labute approximate surface area is 801 Å². The van der Waals surface area contributed by atoms with Crippen molar-refractivity contribution in [1.29, 1.82) is 0 Å². The van der Waals surface area contributed by atoms with E-state index in [1.807, 2.05) is 91.5 Å². The Hall–Kier alpha value is -14.8. The molecule has 0 saturated heterocycles. The lowest BCUT2D eigenvalue weighted by atomic mass is 9.99. The van der Waals surface area contributed by atoms with Gasteiger partial charge in [-0.05, 0) is 175 Å². The Morgan fingerprint density at radius 2 is 0.957 bits per heavy atom. The molecule has 8 aromatic rings. The zero-order chi connectivity index (χ0) is 106. The summed E-state index contributed by atoms with van der Waals surface area (Å²) >= 11 is 5.81. The summed E-state index contributed by atoms with van der Waals surface area (Å²) in [6.07, 6.45) is -7.65. The first-order chi connectivity index (χ1) is 66.7. The number of aromatic carboxylic acids is 4. The summed E-state index contributed by atoms with van der Waals surface area (Å²) in [7, 11) is -8.11. The largest absolute Gasteiger partial charge is 0.537 e. The lowest BCUT2D eigenvalue weighted by Gasteiger charge is -2.28. The topological polar surface area (TPSA) is 667 Å². The van der Waals surface area contributed by atoms with Crippen LogP contribution in [0.25, 0.3) is 41.8 Å². The van der Waals surface area contributed by atoms with E-state index in [4.69, 9.17) is 99.7 Å². The molecule has 0 aliphatic carbocycles. The summed E-state index contributed by atoms with van der Waals surface area (Å²) in [4.78, 5) is 106. The number of aromatic hydroxyl groups is 2. The number of nitrogen functional groups attached to an aromatic ring is 1. The Morgan fingerprint density at radius 3 is 1.36 bits per heavy atom. The molecule has 0 unspecified atom stereocenters. The number of hydrogen-bond donors (Lipinski definition) is 8. The molecule has 2 amide bonds. The molecule has 0 saturated carbocycles. The fourth-order valence-corrected chi connectivity index (χ4v) is 19.4. The number of carbonyl (C=O) groups excluding carboxylic acids is 4. The van der Waals surface area contributed by atoms with Gasteiger partial charge in [0.05, 0.1) is 10.5 Å². The number of azide groups is 4. The number of carboxylic acids is 4. The van der Waals surface area contributed by atoms with E-state index in [0.717, 1.165) is 72.2 Å². The van der Waals surface area contributed by atoms with Crippen molar-refractivity contribution in [1.82, 2.24) is 5.32 Å². The van der Waals surface area contributed by atoms with Gasteiger partial charge in [0.15, 0.2) is 29.6 Å². The molecule has 8 aromatic carbocycles. The van der Waals surface area contributed by atoms with Crippen LogP contribution >= 0.6 is 11.6 Å². The van der Waals surface area contributed by atoms with Crippen molar-refractivity contribution < 1.29 is 158 Å². The third-order valence-electron chi connectivity index (χ3n) is 17.8. The van der Waals surface area contributed by atoms with Crippen molar-refractivity contribution in [3.8, 4) is 11.5 Å². The molecule has 10 rings (SSSR count). The molecule has 0 spiro atoms. The summed E-state index contributed by atoms with van der Waals surface area (Å²) in [6.45, 7) is 22.8. The second-order valence-electron chi connectivity index (χ2n) is 26.9. The number of Topliss-reactive ketones (excluding diaryl/α,β-unsaturated/α-hetero) is 1. The van der Waals surface area contributed by atoms with Crippen molar-refractivity contribution in [3.05, 3.63) is 287 Å². The van der Waals surface area contributed by atoms with Crippen molar-refractivity contribution in [3.63, 3.8) is 0 Å². The zero-order valence-corrected chi connectivity index (χ0v) is 79.4. The molecule has 0 radical (unpaired) electrons. The second-order valence-corrected chi connectivity index (χ2v) is 35.4. The van der Waals surface area contributed by atoms with E-state index in [1.54, 1.807) is 48.5 Å². The number of nitrogens with two attached hydrogens (primary N) is 1. The maximum absolute atomic E-state index is 12.9. The predicted octanol–water partition coefficient (Wildman–Crippen LogP) is 20.4. The highest BCUT2D eigenvalue weighted by molar-refractivity contribution is 6.75. The minimum atomic E-state index is -4.80. The van der Waals surface area contributed by atoms with Crippen LogP contribution in [0.5, 0.6) is 11.5 Å². The minimum absolute atomic E-state index is 0.0144. The Morgan fingerprint density at radius 1 is 0.518 bits per heavy atom. The van der Waals surface area contributed by atoms with E-state index >= 15 is 0 Å². The van der Waals surface area contributed by atoms with Gasteiger partial charge in [-0.15, -0.1) is 20.5 Å². The molecule has 141 heavy (non-hydrogen) atoms. The normalized spacial score (nSPS) is 12.0. The monoisotopic (exact) mass is 2060 g/mol. The first-order valence-electron chi connectivity index (χ1n) is 41.0. The highest BCUT2D eigenvalue weighted by atomic mass is 35.5. The van der Waals surface area contributed by atoms with E-state index in [-0.39, 0.29) is 23.4 Å².